The Balaban J connectivity index is 2.18. The van der Waals surface area contributed by atoms with Gasteiger partial charge in [-0.2, -0.15) is 0 Å². The first-order chi connectivity index (χ1) is 11.2. The molecule has 0 saturated carbocycles. The lowest BCUT2D eigenvalue weighted by Gasteiger charge is -2.11. The first-order valence-electron chi connectivity index (χ1n) is 6.17. The molecule has 0 saturated heterocycles. The van der Waals surface area contributed by atoms with Crippen LogP contribution in [-0.4, -0.2) is 22.0 Å². The zero-order chi connectivity index (χ0) is 18.0. The smallest absolute Gasteiger partial charge is 0.314 e. The van der Waals surface area contributed by atoms with E-state index in [4.69, 9.17) is 46.4 Å². The normalized spacial score (nSPS) is 10.3. The van der Waals surface area contributed by atoms with Crippen LogP contribution >= 0.6 is 46.4 Å². The molecule has 6 nitrogen and oxygen atoms in total. The third kappa shape index (κ3) is 4.15. The van der Waals surface area contributed by atoms with Crippen molar-refractivity contribution in [2.45, 2.75) is 0 Å². The van der Waals surface area contributed by atoms with Gasteiger partial charge >= 0.3 is 11.8 Å². The summed E-state index contributed by atoms with van der Waals surface area (Å²) in [4.78, 5) is 23.8. The minimum Gasteiger partial charge on any atom is -0.504 e. The Morgan fingerprint density at radius 2 is 1.04 bits per heavy atom. The summed E-state index contributed by atoms with van der Waals surface area (Å²) in [7, 11) is 0. The molecule has 0 unspecified atom stereocenters. The predicted molar refractivity (Wildman–Crippen MR) is 93.5 cm³/mol. The summed E-state index contributed by atoms with van der Waals surface area (Å²) in [6.07, 6.45) is 0. The van der Waals surface area contributed by atoms with Crippen LogP contribution in [0.4, 0.5) is 11.4 Å². The SMILES string of the molecule is O=C(Nc1cc(Cl)cc(Cl)c1O)C(=O)Nc1cc(Cl)cc(Cl)c1O. The van der Waals surface area contributed by atoms with Crippen LogP contribution in [0.25, 0.3) is 0 Å². The number of carbonyl (C=O) groups excluding carboxylic acids is 2. The van der Waals surface area contributed by atoms with Crippen LogP contribution in [-0.2, 0) is 9.59 Å². The van der Waals surface area contributed by atoms with E-state index in [1.807, 2.05) is 0 Å². The largest absolute Gasteiger partial charge is 0.504 e. The number of phenols is 2. The minimum atomic E-state index is -1.14. The van der Waals surface area contributed by atoms with Gasteiger partial charge in [-0.25, -0.2) is 0 Å². The number of nitrogens with one attached hydrogen (secondary N) is 2. The number of aromatic hydroxyl groups is 2. The number of carbonyl (C=O) groups is 2. The molecule has 0 radical (unpaired) electrons. The van der Waals surface area contributed by atoms with Gasteiger partial charge in [0.15, 0.2) is 11.5 Å². The molecule has 0 aliphatic rings. The number of amides is 2. The van der Waals surface area contributed by atoms with Gasteiger partial charge in [-0.15, -0.1) is 0 Å². The zero-order valence-corrected chi connectivity index (χ0v) is 14.6. The molecule has 0 aromatic heterocycles. The van der Waals surface area contributed by atoms with Gasteiger partial charge in [-0.1, -0.05) is 46.4 Å². The van der Waals surface area contributed by atoms with Crippen LogP contribution < -0.4 is 10.6 Å². The van der Waals surface area contributed by atoms with Crippen molar-refractivity contribution in [2.24, 2.45) is 0 Å². The van der Waals surface area contributed by atoms with E-state index in [0.29, 0.717) is 0 Å². The fraction of sp³-hybridized carbons (Fsp3) is 0. The molecule has 0 aliphatic carbocycles. The molecule has 2 rings (SSSR count). The Labute approximate surface area is 155 Å². The lowest BCUT2D eigenvalue weighted by Crippen LogP contribution is -2.29. The van der Waals surface area contributed by atoms with Crippen molar-refractivity contribution in [3.05, 3.63) is 44.4 Å². The highest BCUT2D eigenvalue weighted by Gasteiger charge is 2.19. The molecule has 126 valence electrons. The molecule has 0 heterocycles. The third-order valence-electron chi connectivity index (χ3n) is 2.76. The molecule has 2 amide bonds. The molecule has 0 bridgehead atoms. The van der Waals surface area contributed by atoms with Crippen molar-refractivity contribution in [3.8, 4) is 11.5 Å². The molecular weight excluding hydrogens is 402 g/mol. The van der Waals surface area contributed by atoms with Gasteiger partial charge < -0.3 is 20.8 Å². The molecule has 0 fully saturated rings. The summed E-state index contributed by atoms with van der Waals surface area (Å²) in [5, 5.41) is 23.9. The van der Waals surface area contributed by atoms with Crippen molar-refractivity contribution in [1.82, 2.24) is 0 Å². The Morgan fingerprint density at radius 3 is 1.38 bits per heavy atom. The van der Waals surface area contributed by atoms with E-state index in [0.717, 1.165) is 0 Å². The van der Waals surface area contributed by atoms with Gasteiger partial charge in [0.25, 0.3) is 0 Å². The van der Waals surface area contributed by atoms with E-state index in [1.165, 1.54) is 24.3 Å². The Kier molecular flexibility index (Phi) is 5.66. The summed E-state index contributed by atoms with van der Waals surface area (Å²) in [5.74, 6) is -3.18. The molecule has 24 heavy (non-hydrogen) atoms. The first kappa shape index (κ1) is 18.5. The first-order valence-corrected chi connectivity index (χ1v) is 7.68. The van der Waals surface area contributed by atoms with Crippen molar-refractivity contribution < 1.29 is 19.8 Å². The van der Waals surface area contributed by atoms with Crippen LogP contribution in [0.15, 0.2) is 24.3 Å². The highest BCUT2D eigenvalue weighted by molar-refractivity contribution is 6.45. The number of rotatable bonds is 2. The number of hydrogen-bond donors (Lipinski definition) is 4. The molecule has 2 aromatic rings. The Bertz CT molecular complexity index is 773. The number of hydrogen-bond acceptors (Lipinski definition) is 4. The third-order valence-corrected chi connectivity index (χ3v) is 3.77. The molecule has 4 N–H and O–H groups in total. The van der Waals surface area contributed by atoms with Gasteiger partial charge in [0, 0.05) is 10.0 Å². The Hall–Kier alpha value is -1.86. The highest BCUT2D eigenvalue weighted by atomic mass is 35.5. The number of benzene rings is 2. The van der Waals surface area contributed by atoms with E-state index in [9.17, 15) is 19.8 Å². The van der Waals surface area contributed by atoms with Crippen LogP contribution in [0, 0.1) is 0 Å². The lowest BCUT2D eigenvalue weighted by atomic mass is 10.2. The molecule has 10 heteroatoms. The number of anilines is 2. The molecule has 0 aliphatic heterocycles. The quantitative estimate of drug-likeness (QED) is 0.439. The van der Waals surface area contributed by atoms with Gasteiger partial charge in [0.1, 0.15) is 0 Å². The van der Waals surface area contributed by atoms with Crippen LogP contribution in [0.5, 0.6) is 11.5 Å². The summed E-state index contributed by atoms with van der Waals surface area (Å²) in [6.45, 7) is 0. The van der Waals surface area contributed by atoms with E-state index in [1.54, 1.807) is 0 Å². The molecular formula is C14H8Cl4N2O4. The van der Waals surface area contributed by atoms with E-state index in [-0.39, 0.29) is 31.5 Å². The number of phenolic OH excluding ortho intramolecular Hbond substituents is 2. The maximum absolute atomic E-state index is 11.9. The van der Waals surface area contributed by atoms with Crippen molar-refractivity contribution >= 4 is 69.6 Å². The van der Waals surface area contributed by atoms with E-state index in [2.05, 4.69) is 10.6 Å². The maximum Gasteiger partial charge on any atom is 0.314 e. The maximum atomic E-state index is 11.9. The van der Waals surface area contributed by atoms with E-state index >= 15 is 0 Å². The van der Waals surface area contributed by atoms with Crippen molar-refractivity contribution in [3.63, 3.8) is 0 Å². The fourth-order valence-electron chi connectivity index (χ4n) is 1.68. The average Bonchev–Trinajstić information content (AvgIpc) is 2.49. The summed E-state index contributed by atoms with van der Waals surface area (Å²) in [6, 6.07) is 4.95. The van der Waals surface area contributed by atoms with Crippen LogP contribution in [0.2, 0.25) is 20.1 Å². The second-order valence-corrected chi connectivity index (χ2v) is 6.16. The van der Waals surface area contributed by atoms with Crippen LogP contribution in [0.3, 0.4) is 0 Å². The highest BCUT2D eigenvalue weighted by Crippen LogP contribution is 2.36. The number of halogens is 4. The van der Waals surface area contributed by atoms with Gasteiger partial charge in [-0.3, -0.25) is 9.59 Å². The molecule has 0 spiro atoms. The summed E-state index contributed by atoms with van der Waals surface area (Å²) < 4.78 is 0. The minimum absolute atomic E-state index is 0.0996. The monoisotopic (exact) mass is 408 g/mol. The van der Waals surface area contributed by atoms with Crippen molar-refractivity contribution in [2.75, 3.05) is 10.6 Å². The van der Waals surface area contributed by atoms with Crippen molar-refractivity contribution in [1.29, 1.82) is 0 Å². The average molecular weight is 410 g/mol. The van der Waals surface area contributed by atoms with E-state index < -0.39 is 23.3 Å². The van der Waals surface area contributed by atoms with Crippen LogP contribution in [0.1, 0.15) is 0 Å². The second kappa shape index (κ2) is 7.36. The fourth-order valence-corrected chi connectivity index (χ4v) is 2.67. The standard InChI is InChI=1S/C14H8Cl4N2O4/c15-5-1-7(17)11(21)9(3-5)19-13(23)14(24)20-10-4-6(16)2-8(18)12(10)22/h1-4,21-22H,(H,19,23)(H,20,24). The lowest BCUT2D eigenvalue weighted by molar-refractivity contribution is -0.133. The topological polar surface area (TPSA) is 98.7 Å². The summed E-state index contributed by atoms with van der Waals surface area (Å²) in [5.41, 5.74) is -0.304. The summed E-state index contributed by atoms with van der Waals surface area (Å²) >= 11 is 23.0. The van der Waals surface area contributed by atoms with Gasteiger partial charge in [-0.05, 0) is 24.3 Å². The second-order valence-electron chi connectivity index (χ2n) is 4.48. The van der Waals surface area contributed by atoms with Gasteiger partial charge in [0.2, 0.25) is 0 Å². The Morgan fingerprint density at radius 1 is 0.708 bits per heavy atom. The predicted octanol–water partition coefficient (Wildman–Crippen LogP) is 4.29. The molecule has 2 aromatic carbocycles. The zero-order valence-electron chi connectivity index (χ0n) is 11.5. The van der Waals surface area contributed by atoms with Gasteiger partial charge in [0.05, 0.1) is 21.4 Å². The molecule has 0 atom stereocenters.